The quantitative estimate of drug-likeness (QED) is 0.492. The highest BCUT2D eigenvalue weighted by molar-refractivity contribution is 6.33. The summed E-state index contributed by atoms with van der Waals surface area (Å²) in [6, 6.07) is 13.2. The second-order valence-corrected chi connectivity index (χ2v) is 7.89. The molecule has 1 aliphatic carbocycles. The van der Waals surface area contributed by atoms with Crippen molar-refractivity contribution in [3.05, 3.63) is 58.6 Å². The fourth-order valence-electron chi connectivity index (χ4n) is 4.29. The second kappa shape index (κ2) is 7.19. The number of carbonyl (C=O) groups is 1. The molecule has 0 amide bonds. The highest BCUT2D eigenvalue weighted by Gasteiger charge is 2.33. The Kier molecular flexibility index (Phi) is 4.53. The number of hydrogen-bond donors (Lipinski definition) is 0. The number of ketones is 1. The van der Waals surface area contributed by atoms with Crippen LogP contribution in [0.4, 0.5) is 0 Å². The molecular formula is C23H21ClN2O2. The molecule has 2 aromatic carbocycles. The average Bonchev–Trinajstić information content (AvgIpc) is 3.01. The van der Waals surface area contributed by atoms with Crippen molar-refractivity contribution < 1.29 is 9.53 Å². The maximum absolute atomic E-state index is 13.2. The van der Waals surface area contributed by atoms with Gasteiger partial charge in [0.15, 0.2) is 5.78 Å². The number of halogens is 1. The Morgan fingerprint density at radius 3 is 2.68 bits per heavy atom. The molecule has 0 N–H and O–H groups in total. The van der Waals surface area contributed by atoms with Crippen molar-refractivity contribution in [2.45, 2.75) is 19.3 Å². The maximum atomic E-state index is 13.2. The van der Waals surface area contributed by atoms with Crippen LogP contribution in [0.15, 0.2) is 42.5 Å². The number of nitrogens with zero attached hydrogens (tertiary/aromatic N) is 2. The highest BCUT2D eigenvalue weighted by Crippen LogP contribution is 2.45. The lowest BCUT2D eigenvalue weighted by Gasteiger charge is -2.26. The molecule has 28 heavy (non-hydrogen) atoms. The third-order valence-electron chi connectivity index (χ3n) is 5.68. The van der Waals surface area contributed by atoms with Crippen molar-refractivity contribution >= 4 is 28.3 Å². The summed E-state index contributed by atoms with van der Waals surface area (Å²) in [4.78, 5) is 20.4. The lowest BCUT2D eigenvalue weighted by Crippen LogP contribution is -2.33. The zero-order chi connectivity index (χ0) is 19.1. The molecule has 3 aromatic rings. The number of pyridine rings is 1. The molecule has 1 fully saturated rings. The van der Waals surface area contributed by atoms with Crippen LogP contribution < -0.4 is 4.74 Å². The van der Waals surface area contributed by atoms with Gasteiger partial charge < -0.3 is 4.74 Å². The predicted octanol–water partition coefficient (Wildman–Crippen LogP) is 4.96. The molecule has 0 bridgehead atoms. The molecule has 5 heteroatoms. The SMILES string of the molecule is O=C1c2cc(Cl)ccc2-c2c(OCCN3CCCCC3)nc3ccccc3c21. The number of rotatable bonds is 4. The van der Waals surface area contributed by atoms with E-state index in [4.69, 9.17) is 21.3 Å². The Morgan fingerprint density at radius 2 is 1.82 bits per heavy atom. The molecule has 1 aliphatic heterocycles. The van der Waals surface area contributed by atoms with Gasteiger partial charge in [0.2, 0.25) is 5.88 Å². The third kappa shape index (κ3) is 2.97. The molecule has 1 aromatic heterocycles. The summed E-state index contributed by atoms with van der Waals surface area (Å²) in [5, 5.41) is 1.42. The highest BCUT2D eigenvalue weighted by atomic mass is 35.5. The average molecular weight is 393 g/mol. The minimum Gasteiger partial charge on any atom is -0.476 e. The third-order valence-corrected chi connectivity index (χ3v) is 5.91. The Hall–Kier alpha value is -2.43. The molecule has 0 radical (unpaired) electrons. The minimum absolute atomic E-state index is 0.00743. The molecule has 1 saturated heterocycles. The maximum Gasteiger partial charge on any atom is 0.222 e. The largest absolute Gasteiger partial charge is 0.476 e. The first-order chi connectivity index (χ1) is 13.7. The van der Waals surface area contributed by atoms with Crippen LogP contribution in [0.1, 0.15) is 35.2 Å². The summed E-state index contributed by atoms with van der Waals surface area (Å²) in [5.41, 5.74) is 3.74. The smallest absolute Gasteiger partial charge is 0.222 e. The van der Waals surface area contributed by atoms with E-state index in [1.165, 1.54) is 19.3 Å². The van der Waals surface area contributed by atoms with Gasteiger partial charge in [0, 0.05) is 28.1 Å². The van der Waals surface area contributed by atoms with Gasteiger partial charge in [-0.05, 0) is 49.7 Å². The Labute approximate surface area is 169 Å². The summed E-state index contributed by atoms with van der Waals surface area (Å²) in [5.74, 6) is 0.534. The number of hydrogen-bond acceptors (Lipinski definition) is 4. The van der Waals surface area contributed by atoms with Crippen molar-refractivity contribution in [3.8, 4) is 17.0 Å². The number of benzene rings is 2. The van der Waals surface area contributed by atoms with Crippen molar-refractivity contribution in [3.63, 3.8) is 0 Å². The van der Waals surface area contributed by atoms with Crippen LogP contribution in [0.25, 0.3) is 22.0 Å². The summed E-state index contributed by atoms with van der Waals surface area (Å²) in [6.07, 6.45) is 3.83. The molecule has 2 aliphatic rings. The van der Waals surface area contributed by atoms with Gasteiger partial charge in [-0.15, -0.1) is 0 Å². The first-order valence-electron chi connectivity index (χ1n) is 9.85. The van der Waals surface area contributed by atoms with Crippen molar-refractivity contribution in [2.75, 3.05) is 26.2 Å². The van der Waals surface area contributed by atoms with Gasteiger partial charge in [0.1, 0.15) is 6.61 Å². The van der Waals surface area contributed by atoms with Crippen LogP contribution in [0, 0.1) is 0 Å². The molecule has 0 saturated carbocycles. The first kappa shape index (κ1) is 17.7. The van der Waals surface area contributed by atoms with E-state index in [-0.39, 0.29) is 5.78 Å². The second-order valence-electron chi connectivity index (χ2n) is 7.45. The summed E-state index contributed by atoms with van der Waals surface area (Å²) < 4.78 is 6.16. The van der Waals surface area contributed by atoms with Gasteiger partial charge in [-0.25, -0.2) is 4.98 Å². The molecule has 2 heterocycles. The van der Waals surface area contributed by atoms with E-state index in [2.05, 4.69) is 4.90 Å². The minimum atomic E-state index is -0.00743. The van der Waals surface area contributed by atoms with Crippen LogP contribution in [-0.2, 0) is 0 Å². The van der Waals surface area contributed by atoms with E-state index in [0.717, 1.165) is 41.7 Å². The van der Waals surface area contributed by atoms with Gasteiger partial charge in [-0.3, -0.25) is 9.69 Å². The molecular weight excluding hydrogens is 372 g/mol. The van der Waals surface area contributed by atoms with Crippen LogP contribution in [-0.4, -0.2) is 41.9 Å². The van der Waals surface area contributed by atoms with E-state index >= 15 is 0 Å². The van der Waals surface area contributed by atoms with Crippen molar-refractivity contribution in [1.29, 1.82) is 0 Å². The number of aromatic nitrogens is 1. The number of fused-ring (bicyclic) bond motifs is 5. The molecule has 0 spiro atoms. The first-order valence-corrected chi connectivity index (χ1v) is 10.2. The normalized spacial score (nSPS) is 16.2. The Morgan fingerprint density at radius 1 is 1.00 bits per heavy atom. The zero-order valence-electron chi connectivity index (χ0n) is 15.6. The number of para-hydroxylation sites is 1. The number of carbonyl (C=O) groups excluding carboxylic acids is 1. The molecule has 0 unspecified atom stereocenters. The summed E-state index contributed by atoms with van der Waals surface area (Å²) in [7, 11) is 0. The zero-order valence-corrected chi connectivity index (χ0v) is 16.3. The van der Waals surface area contributed by atoms with Gasteiger partial charge in [-0.2, -0.15) is 0 Å². The summed E-state index contributed by atoms with van der Waals surface area (Å²) in [6.45, 7) is 3.71. The fraction of sp³-hybridized carbons (Fsp3) is 0.304. The van der Waals surface area contributed by atoms with Crippen LogP contribution in [0.5, 0.6) is 5.88 Å². The van der Waals surface area contributed by atoms with Crippen LogP contribution in [0.2, 0.25) is 5.02 Å². The molecule has 0 atom stereocenters. The fourth-order valence-corrected chi connectivity index (χ4v) is 4.46. The van der Waals surface area contributed by atoms with E-state index in [0.29, 0.717) is 28.6 Å². The number of piperidine rings is 1. The van der Waals surface area contributed by atoms with Crippen LogP contribution in [0.3, 0.4) is 0 Å². The van der Waals surface area contributed by atoms with E-state index in [1.807, 2.05) is 36.4 Å². The number of ether oxygens (including phenoxy) is 1. The predicted molar refractivity (Wildman–Crippen MR) is 111 cm³/mol. The van der Waals surface area contributed by atoms with Gasteiger partial charge >= 0.3 is 0 Å². The standard InChI is InChI=1S/C23H21ClN2O2/c24-15-8-9-16-18(14-15)22(27)20-17-6-2-3-7-19(17)25-23(21(16)20)28-13-12-26-10-4-1-5-11-26/h2-3,6-9,14H,1,4-5,10-13H2. The monoisotopic (exact) mass is 392 g/mol. The number of likely N-dealkylation sites (tertiary alicyclic amines) is 1. The van der Waals surface area contributed by atoms with Crippen molar-refractivity contribution in [1.82, 2.24) is 9.88 Å². The van der Waals surface area contributed by atoms with E-state index < -0.39 is 0 Å². The van der Waals surface area contributed by atoms with Crippen LogP contribution >= 0.6 is 11.6 Å². The lowest BCUT2D eigenvalue weighted by atomic mass is 10.0. The van der Waals surface area contributed by atoms with E-state index in [1.54, 1.807) is 6.07 Å². The van der Waals surface area contributed by atoms with E-state index in [9.17, 15) is 4.79 Å². The molecule has 142 valence electrons. The molecule has 4 nitrogen and oxygen atoms in total. The molecule has 5 rings (SSSR count). The van der Waals surface area contributed by atoms with Gasteiger partial charge in [0.05, 0.1) is 11.1 Å². The Balaban J connectivity index is 1.55. The summed E-state index contributed by atoms with van der Waals surface area (Å²) >= 11 is 6.15. The lowest BCUT2D eigenvalue weighted by molar-refractivity contribution is 0.104. The van der Waals surface area contributed by atoms with Gasteiger partial charge in [0.25, 0.3) is 0 Å². The van der Waals surface area contributed by atoms with Crippen molar-refractivity contribution in [2.24, 2.45) is 0 Å². The Bertz CT molecular complexity index is 1070. The topological polar surface area (TPSA) is 42.4 Å². The van der Waals surface area contributed by atoms with Gasteiger partial charge in [-0.1, -0.05) is 42.3 Å².